The number of nitrogens with one attached hydrogen (secondary N) is 1. The number of thioether (sulfide) groups is 1. The Kier molecular flexibility index (Phi) is 11.6. The first-order chi connectivity index (χ1) is 18.0. The van der Waals surface area contributed by atoms with Gasteiger partial charge in [0.1, 0.15) is 24.9 Å². The highest BCUT2D eigenvalue weighted by Gasteiger charge is 2.41. The maximum absolute atomic E-state index is 13.0. The minimum absolute atomic E-state index is 0.0477. The number of hydrogen-bond acceptors (Lipinski definition) is 9. The number of carbonyl (C=O) groups excluding carboxylic acids is 2. The Balaban J connectivity index is 1.48. The molecule has 3 rings (SSSR count). The Morgan fingerprint density at radius 3 is 2.89 bits per heavy atom. The fourth-order valence-electron chi connectivity index (χ4n) is 4.35. The quantitative estimate of drug-likeness (QED) is 0.287. The van der Waals surface area contributed by atoms with Gasteiger partial charge in [-0.25, -0.2) is 0 Å². The van der Waals surface area contributed by atoms with Crippen molar-refractivity contribution in [3.63, 3.8) is 0 Å². The number of morpholine rings is 1. The van der Waals surface area contributed by atoms with Crippen LogP contribution in [0.25, 0.3) is 0 Å². The number of carbonyl (C=O) groups is 2. The van der Waals surface area contributed by atoms with Crippen LogP contribution in [0.15, 0.2) is 30.9 Å². The number of anilines is 1. The first-order valence-corrected chi connectivity index (χ1v) is 13.8. The van der Waals surface area contributed by atoms with E-state index < -0.39 is 11.9 Å². The zero-order valence-corrected chi connectivity index (χ0v) is 22.6. The van der Waals surface area contributed by atoms with Crippen LogP contribution < -0.4 is 10.1 Å². The van der Waals surface area contributed by atoms with Crippen molar-refractivity contribution in [1.82, 2.24) is 9.80 Å². The van der Waals surface area contributed by atoms with Crippen LogP contribution in [-0.2, 0) is 19.1 Å². The molecule has 0 saturated carbocycles. The lowest BCUT2D eigenvalue weighted by Crippen LogP contribution is -2.38. The molecular weight excluding hydrogens is 492 g/mol. The van der Waals surface area contributed by atoms with Crippen LogP contribution in [-0.4, -0.2) is 91.5 Å². The minimum atomic E-state index is -0.912. The second kappa shape index (κ2) is 14.9. The van der Waals surface area contributed by atoms with Crippen molar-refractivity contribution in [2.75, 3.05) is 64.5 Å². The number of nitriles is 1. The molecular formula is C27H38N4O5S. The highest BCUT2D eigenvalue weighted by Crippen LogP contribution is 2.37. The number of hydrogen-bond donors (Lipinski definition) is 1. The lowest BCUT2D eigenvalue weighted by molar-refractivity contribution is -0.146. The van der Waals surface area contributed by atoms with Crippen molar-refractivity contribution in [3.05, 3.63) is 36.4 Å². The summed E-state index contributed by atoms with van der Waals surface area (Å²) in [5.74, 6) is -0.580. The van der Waals surface area contributed by atoms with E-state index >= 15 is 0 Å². The maximum atomic E-state index is 13.0. The predicted octanol–water partition coefficient (Wildman–Crippen LogP) is 3.06. The molecule has 2 heterocycles. The van der Waals surface area contributed by atoms with Gasteiger partial charge in [-0.05, 0) is 31.9 Å². The van der Waals surface area contributed by atoms with Crippen molar-refractivity contribution in [2.45, 2.75) is 37.3 Å². The first-order valence-electron chi connectivity index (χ1n) is 12.9. The van der Waals surface area contributed by atoms with Crippen LogP contribution in [0.4, 0.5) is 5.69 Å². The number of rotatable bonds is 14. The molecule has 2 aliphatic rings. The van der Waals surface area contributed by atoms with Gasteiger partial charge in [0.15, 0.2) is 0 Å². The number of nitrogens with zero attached hydrogens (tertiary/aromatic N) is 3. The number of ether oxygens (including phenoxy) is 3. The summed E-state index contributed by atoms with van der Waals surface area (Å²) in [6, 6.07) is 8.08. The molecule has 1 aromatic carbocycles. The Bertz CT molecular complexity index is 963. The van der Waals surface area contributed by atoms with E-state index in [1.807, 2.05) is 38.1 Å². The summed E-state index contributed by atoms with van der Waals surface area (Å²) in [4.78, 5) is 29.3. The van der Waals surface area contributed by atoms with Crippen LogP contribution in [0.1, 0.15) is 25.3 Å². The topological polar surface area (TPSA) is 104 Å². The molecule has 0 aromatic heterocycles. The van der Waals surface area contributed by atoms with Gasteiger partial charge in [-0.2, -0.15) is 5.26 Å². The molecule has 0 spiro atoms. The molecule has 1 amide bonds. The van der Waals surface area contributed by atoms with Gasteiger partial charge in [-0.3, -0.25) is 14.5 Å². The van der Waals surface area contributed by atoms with Crippen LogP contribution in [0.2, 0.25) is 0 Å². The second-order valence-corrected chi connectivity index (χ2v) is 10.4. The normalized spacial score (nSPS) is 20.8. The summed E-state index contributed by atoms with van der Waals surface area (Å²) in [5, 5.41) is 12.4. The maximum Gasteiger partial charge on any atom is 0.323 e. The van der Waals surface area contributed by atoms with Crippen molar-refractivity contribution < 1.29 is 23.8 Å². The Morgan fingerprint density at radius 1 is 1.41 bits per heavy atom. The van der Waals surface area contributed by atoms with E-state index in [0.717, 1.165) is 49.8 Å². The van der Waals surface area contributed by atoms with Crippen molar-refractivity contribution >= 4 is 29.3 Å². The summed E-state index contributed by atoms with van der Waals surface area (Å²) in [6.07, 6.45) is 2.36. The Labute approximate surface area is 224 Å². The third-order valence-electron chi connectivity index (χ3n) is 6.48. The van der Waals surface area contributed by atoms with Gasteiger partial charge in [0.05, 0.1) is 29.9 Å². The SMILES string of the molecule is C=CCOC(=O)C(C#N)CC1SC(CCNc2ccc(C)c(OCCN3CCOCC3)c2)C(=O)N1CC. The lowest BCUT2D eigenvalue weighted by atomic mass is 10.1. The van der Waals surface area contributed by atoms with Crippen molar-refractivity contribution in [3.8, 4) is 11.8 Å². The van der Waals surface area contributed by atoms with Gasteiger partial charge in [-0.15, -0.1) is 11.8 Å². The molecule has 1 N–H and O–H groups in total. The fourth-order valence-corrected chi connectivity index (χ4v) is 5.94. The second-order valence-electron chi connectivity index (χ2n) is 9.04. The highest BCUT2D eigenvalue weighted by atomic mass is 32.2. The lowest BCUT2D eigenvalue weighted by Gasteiger charge is -2.26. The molecule has 2 aliphatic heterocycles. The summed E-state index contributed by atoms with van der Waals surface area (Å²) in [7, 11) is 0. The average molecular weight is 531 g/mol. The summed E-state index contributed by atoms with van der Waals surface area (Å²) in [6.45, 7) is 13.6. The number of amides is 1. The van der Waals surface area contributed by atoms with Gasteiger partial charge < -0.3 is 24.4 Å². The number of benzene rings is 1. The molecule has 37 heavy (non-hydrogen) atoms. The summed E-state index contributed by atoms with van der Waals surface area (Å²) in [5.41, 5.74) is 2.02. The van der Waals surface area contributed by atoms with E-state index in [-0.39, 0.29) is 29.6 Å². The van der Waals surface area contributed by atoms with E-state index in [0.29, 0.717) is 26.1 Å². The Hall–Kier alpha value is -2.74. The van der Waals surface area contributed by atoms with Crippen molar-refractivity contribution in [1.29, 1.82) is 5.26 Å². The van der Waals surface area contributed by atoms with Gasteiger partial charge in [0.2, 0.25) is 5.91 Å². The monoisotopic (exact) mass is 530 g/mol. The average Bonchev–Trinajstić information content (AvgIpc) is 3.21. The molecule has 2 saturated heterocycles. The molecule has 0 radical (unpaired) electrons. The van der Waals surface area contributed by atoms with E-state index in [4.69, 9.17) is 14.2 Å². The molecule has 0 aliphatic carbocycles. The molecule has 10 heteroatoms. The minimum Gasteiger partial charge on any atom is -0.492 e. The standard InChI is InChI=1S/C27H38N4O5S/c1-4-13-36-27(33)21(19-28)17-25-31(5-2)26(32)24(37-25)8-9-29-22-7-6-20(3)23(18-22)35-16-12-30-10-14-34-15-11-30/h4,6-7,18,21,24-25,29H,1,5,8-17H2,2-3H3. The fraction of sp³-hybridized carbons (Fsp3) is 0.593. The molecule has 3 unspecified atom stereocenters. The molecule has 3 atom stereocenters. The summed E-state index contributed by atoms with van der Waals surface area (Å²) >= 11 is 1.52. The smallest absolute Gasteiger partial charge is 0.323 e. The van der Waals surface area contributed by atoms with E-state index in [1.54, 1.807) is 4.90 Å². The van der Waals surface area contributed by atoms with Crippen LogP contribution >= 0.6 is 11.8 Å². The molecule has 9 nitrogen and oxygen atoms in total. The van der Waals surface area contributed by atoms with E-state index in [1.165, 1.54) is 17.8 Å². The molecule has 1 aromatic rings. The zero-order valence-electron chi connectivity index (χ0n) is 21.8. The third kappa shape index (κ3) is 8.38. The van der Waals surface area contributed by atoms with Crippen LogP contribution in [0.5, 0.6) is 5.75 Å². The van der Waals surface area contributed by atoms with E-state index in [2.05, 4.69) is 16.8 Å². The Morgan fingerprint density at radius 2 is 2.19 bits per heavy atom. The van der Waals surface area contributed by atoms with Gasteiger partial charge >= 0.3 is 5.97 Å². The third-order valence-corrected chi connectivity index (χ3v) is 8.01. The van der Waals surface area contributed by atoms with Gasteiger partial charge in [0.25, 0.3) is 0 Å². The van der Waals surface area contributed by atoms with Crippen LogP contribution in [0.3, 0.4) is 0 Å². The predicted molar refractivity (Wildman–Crippen MR) is 144 cm³/mol. The van der Waals surface area contributed by atoms with E-state index in [9.17, 15) is 14.9 Å². The number of aryl methyl sites for hydroxylation is 1. The molecule has 0 bridgehead atoms. The highest BCUT2D eigenvalue weighted by molar-refractivity contribution is 8.01. The van der Waals surface area contributed by atoms with Crippen molar-refractivity contribution in [2.24, 2.45) is 5.92 Å². The zero-order chi connectivity index (χ0) is 26.6. The van der Waals surface area contributed by atoms with Crippen LogP contribution in [0, 0.1) is 24.2 Å². The first kappa shape index (κ1) is 28.8. The molecule has 2 fully saturated rings. The van der Waals surface area contributed by atoms with Gasteiger partial charge in [0, 0.05) is 50.9 Å². The molecule has 202 valence electrons. The largest absolute Gasteiger partial charge is 0.492 e. The number of esters is 1. The summed E-state index contributed by atoms with van der Waals surface area (Å²) < 4.78 is 16.5. The van der Waals surface area contributed by atoms with Gasteiger partial charge in [-0.1, -0.05) is 18.7 Å².